The van der Waals surface area contributed by atoms with Crippen molar-refractivity contribution < 1.29 is 9.53 Å². The number of alkyl carbamates (subject to hydrolysis) is 1. The maximum Gasteiger partial charge on any atom is 0.407 e. The lowest BCUT2D eigenvalue weighted by Crippen LogP contribution is -2.36. The minimum absolute atomic E-state index is 0.230. The molecule has 1 amide bonds. The molecule has 0 bridgehead atoms. The van der Waals surface area contributed by atoms with Crippen LogP contribution in [-0.2, 0) is 16.7 Å². The molecule has 0 aliphatic rings. The van der Waals surface area contributed by atoms with Crippen LogP contribution in [0.2, 0.25) is 0 Å². The number of hydrogen-bond acceptors (Lipinski definition) is 2. The summed E-state index contributed by atoms with van der Waals surface area (Å²) in [6.45, 7) is 4.61. The van der Waals surface area contributed by atoms with Gasteiger partial charge in [-0.25, -0.2) is 4.79 Å². The molecule has 0 aromatic heterocycles. The number of benzene rings is 3. The molecule has 3 rings (SSSR count). The van der Waals surface area contributed by atoms with Gasteiger partial charge in [0.05, 0.1) is 5.41 Å². The number of carbonyl (C=O) groups excluding carboxylic acids is 1. The highest BCUT2D eigenvalue weighted by Gasteiger charge is 2.34. The standard InChI is InChI=1S/C25H25NO2/c1-2-18-25(22-14-8-4-9-15-22,23-16-10-5-11-17-23)20-28-24(27)26-19-21-12-6-3-7-13-21/h2-17H,1,18-20H2,(H,26,27). The second-order valence-electron chi connectivity index (χ2n) is 6.72. The van der Waals surface area contributed by atoms with Crippen LogP contribution in [0.5, 0.6) is 0 Å². The van der Waals surface area contributed by atoms with Crippen molar-refractivity contribution in [3.05, 3.63) is 120 Å². The van der Waals surface area contributed by atoms with Crippen LogP contribution in [0.3, 0.4) is 0 Å². The van der Waals surface area contributed by atoms with Crippen molar-refractivity contribution in [3.63, 3.8) is 0 Å². The Hall–Kier alpha value is -3.33. The first-order chi connectivity index (χ1) is 13.7. The quantitative estimate of drug-likeness (QED) is 0.533. The minimum atomic E-state index is -0.478. The van der Waals surface area contributed by atoms with Crippen LogP contribution in [0.25, 0.3) is 0 Å². The van der Waals surface area contributed by atoms with Gasteiger partial charge in [0.2, 0.25) is 0 Å². The molecule has 3 aromatic carbocycles. The number of nitrogens with one attached hydrogen (secondary N) is 1. The molecule has 0 fully saturated rings. The fourth-order valence-electron chi connectivity index (χ4n) is 3.40. The van der Waals surface area contributed by atoms with Crippen LogP contribution in [-0.4, -0.2) is 12.7 Å². The predicted molar refractivity (Wildman–Crippen MR) is 113 cm³/mol. The largest absolute Gasteiger partial charge is 0.448 e. The van der Waals surface area contributed by atoms with Crippen LogP contribution < -0.4 is 5.32 Å². The highest BCUT2D eigenvalue weighted by molar-refractivity contribution is 5.67. The van der Waals surface area contributed by atoms with E-state index in [0.29, 0.717) is 13.0 Å². The van der Waals surface area contributed by atoms with E-state index in [4.69, 9.17) is 4.74 Å². The molecule has 0 atom stereocenters. The lowest BCUT2D eigenvalue weighted by molar-refractivity contribution is 0.124. The molecular formula is C25H25NO2. The Balaban J connectivity index is 1.79. The van der Waals surface area contributed by atoms with E-state index in [2.05, 4.69) is 36.2 Å². The Bertz CT molecular complexity index is 837. The van der Waals surface area contributed by atoms with E-state index in [1.165, 1.54) is 0 Å². The third-order valence-corrected chi connectivity index (χ3v) is 4.87. The maximum atomic E-state index is 12.4. The van der Waals surface area contributed by atoms with Gasteiger partial charge < -0.3 is 10.1 Å². The monoisotopic (exact) mass is 371 g/mol. The van der Waals surface area contributed by atoms with E-state index < -0.39 is 11.5 Å². The van der Waals surface area contributed by atoms with Gasteiger partial charge in [-0.05, 0) is 23.1 Å². The zero-order chi connectivity index (χ0) is 19.7. The Morgan fingerprint density at radius 2 is 1.36 bits per heavy atom. The lowest BCUT2D eigenvalue weighted by atomic mass is 9.72. The molecule has 142 valence electrons. The fourth-order valence-corrected chi connectivity index (χ4v) is 3.40. The fraction of sp³-hybridized carbons (Fsp3) is 0.160. The van der Waals surface area contributed by atoms with Crippen molar-refractivity contribution in [2.45, 2.75) is 18.4 Å². The molecule has 3 nitrogen and oxygen atoms in total. The number of allylic oxidation sites excluding steroid dienone is 1. The van der Waals surface area contributed by atoms with E-state index in [1.54, 1.807) is 0 Å². The average Bonchev–Trinajstić information content (AvgIpc) is 2.77. The number of hydrogen-bond donors (Lipinski definition) is 1. The highest BCUT2D eigenvalue weighted by atomic mass is 16.5. The summed E-state index contributed by atoms with van der Waals surface area (Å²) in [5, 5.41) is 2.83. The normalized spacial score (nSPS) is 10.9. The summed E-state index contributed by atoms with van der Waals surface area (Å²) in [5.74, 6) is 0. The van der Waals surface area contributed by atoms with Gasteiger partial charge in [-0.15, -0.1) is 6.58 Å². The number of rotatable bonds is 8. The summed E-state index contributed by atoms with van der Waals surface area (Å²) in [6, 6.07) is 30.1. The Morgan fingerprint density at radius 3 is 1.86 bits per heavy atom. The van der Waals surface area contributed by atoms with Gasteiger partial charge in [-0.2, -0.15) is 0 Å². The maximum absolute atomic E-state index is 12.4. The van der Waals surface area contributed by atoms with Crippen molar-refractivity contribution in [3.8, 4) is 0 Å². The number of amides is 1. The van der Waals surface area contributed by atoms with Crippen LogP contribution in [0, 0.1) is 0 Å². The summed E-state index contributed by atoms with van der Waals surface area (Å²) in [5.41, 5.74) is 2.74. The first-order valence-electron chi connectivity index (χ1n) is 9.41. The van der Waals surface area contributed by atoms with E-state index in [9.17, 15) is 4.79 Å². The molecule has 0 unspecified atom stereocenters. The lowest BCUT2D eigenvalue weighted by Gasteiger charge is -2.33. The smallest absolute Gasteiger partial charge is 0.407 e. The van der Waals surface area contributed by atoms with Gasteiger partial charge >= 0.3 is 6.09 Å². The summed E-state index contributed by atoms with van der Waals surface area (Å²) >= 11 is 0. The number of carbonyl (C=O) groups is 1. The summed E-state index contributed by atoms with van der Waals surface area (Å²) in [7, 11) is 0. The molecule has 0 spiro atoms. The van der Waals surface area contributed by atoms with E-state index in [-0.39, 0.29) is 6.61 Å². The molecule has 3 heteroatoms. The van der Waals surface area contributed by atoms with Crippen LogP contribution in [0.1, 0.15) is 23.1 Å². The highest BCUT2D eigenvalue weighted by Crippen LogP contribution is 2.36. The minimum Gasteiger partial charge on any atom is -0.448 e. The number of ether oxygens (including phenoxy) is 1. The predicted octanol–water partition coefficient (Wildman–Crippen LogP) is 5.48. The molecule has 0 radical (unpaired) electrons. The van der Waals surface area contributed by atoms with E-state index >= 15 is 0 Å². The van der Waals surface area contributed by atoms with Gasteiger partial charge in [-0.3, -0.25) is 0 Å². The van der Waals surface area contributed by atoms with Gasteiger partial charge in [0, 0.05) is 6.54 Å². The Morgan fingerprint density at radius 1 is 0.857 bits per heavy atom. The zero-order valence-corrected chi connectivity index (χ0v) is 15.9. The summed E-state index contributed by atoms with van der Waals surface area (Å²) < 4.78 is 5.69. The first-order valence-corrected chi connectivity index (χ1v) is 9.41. The van der Waals surface area contributed by atoms with Gasteiger partial charge in [0.15, 0.2) is 0 Å². The summed E-state index contributed by atoms with van der Waals surface area (Å²) in [6.07, 6.45) is 2.11. The van der Waals surface area contributed by atoms with E-state index in [0.717, 1.165) is 16.7 Å². The molecular weight excluding hydrogens is 346 g/mol. The first kappa shape index (κ1) is 19.4. The molecule has 28 heavy (non-hydrogen) atoms. The van der Waals surface area contributed by atoms with Crippen molar-refractivity contribution >= 4 is 6.09 Å². The van der Waals surface area contributed by atoms with Crippen molar-refractivity contribution in [1.29, 1.82) is 0 Å². The topological polar surface area (TPSA) is 38.3 Å². The summed E-state index contributed by atoms with van der Waals surface area (Å²) in [4.78, 5) is 12.4. The van der Waals surface area contributed by atoms with Crippen molar-refractivity contribution in [1.82, 2.24) is 5.32 Å². The molecule has 0 saturated carbocycles. The van der Waals surface area contributed by atoms with Crippen LogP contribution in [0.15, 0.2) is 104 Å². The third kappa shape index (κ3) is 4.68. The van der Waals surface area contributed by atoms with Crippen molar-refractivity contribution in [2.24, 2.45) is 0 Å². The van der Waals surface area contributed by atoms with Gasteiger partial charge in [0.1, 0.15) is 6.61 Å². The van der Waals surface area contributed by atoms with Gasteiger partial charge in [-0.1, -0.05) is 97.1 Å². The Kier molecular flexibility index (Phi) is 6.64. The van der Waals surface area contributed by atoms with Gasteiger partial charge in [0.25, 0.3) is 0 Å². The Labute approximate surface area is 166 Å². The van der Waals surface area contributed by atoms with Crippen LogP contribution in [0.4, 0.5) is 4.79 Å². The molecule has 1 N–H and O–H groups in total. The second kappa shape index (κ2) is 9.56. The molecule has 0 saturated heterocycles. The average molecular weight is 371 g/mol. The second-order valence-corrected chi connectivity index (χ2v) is 6.72. The van der Waals surface area contributed by atoms with Crippen molar-refractivity contribution in [2.75, 3.05) is 6.61 Å². The van der Waals surface area contributed by atoms with E-state index in [1.807, 2.05) is 72.8 Å². The zero-order valence-electron chi connectivity index (χ0n) is 15.9. The molecule has 0 heterocycles. The SMILES string of the molecule is C=CCC(COC(=O)NCc1ccccc1)(c1ccccc1)c1ccccc1. The molecule has 0 aliphatic carbocycles. The molecule has 0 aliphatic heterocycles. The molecule has 3 aromatic rings. The third-order valence-electron chi connectivity index (χ3n) is 4.87. The van der Waals surface area contributed by atoms with Crippen LogP contribution >= 0.6 is 0 Å².